The summed E-state index contributed by atoms with van der Waals surface area (Å²) in [7, 11) is 0. The highest BCUT2D eigenvalue weighted by molar-refractivity contribution is 5.95. The molecule has 2 aromatic carbocycles. The predicted octanol–water partition coefficient (Wildman–Crippen LogP) is 5.40. The first-order valence-electron chi connectivity index (χ1n) is 10.2. The van der Waals surface area contributed by atoms with Crippen molar-refractivity contribution >= 4 is 5.97 Å². The molecule has 1 aromatic heterocycles. The average molecular weight is 392 g/mol. The van der Waals surface area contributed by atoms with Crippen LogP contribution in [0.2, 0.25) is 0 Å². The van der Waals surface area contributed by atoms with Crippen LogP contribution in [0.15, 0.2) is 48.5 Å². The summed E-state index contributed by atoms with van der Waals surface area (Å²) >= 11 is 0. The first kappa shape index (κ1) is 20.8. The largest absolute Gasteiger partial charge is 0.478 e. The van der Waals surface area contributed by atoms with Crippen molar-refractivity contribution in [3.05, 3.63) is 71.3 Å². The Balaban J connectivity index is 1.84. The highest BCUT2D eigenvalue weighted by Gasteiger charge is 2.14. The third-order valence-corrected chi connectivity index (χ3v) is 4.98. The number of aromatic carboxylic acids is 1. The second-order valence-corrected chi connectivity index (χ2v) is 8.18. The van der Waals surface area contributed by atoms with E-state index in [1.54, 1.807) is 12.1 Å². The van der Waals surface area contributed by atoms with Crippen LogP contribution in [0.4, 0.5) is 0 Å². The lowest BCUT2D eigenvalue weighted by atomic mass is 9.99. The van der Waals surface area contributed by atoms with E-state index in [0.29, 0.717) is 23.9 Å². The van der Waals surface area contributed by atoms with E-state index in [9.17, 15) is 9.90 Å². The molecule has 0 spiro atoms. The van der Waals surface area contributed by atoms with Crippen molar-refractivity contribution in [2.75, 3.05) is 0 Å². The normalized spacial score (nSPS) is 11.4. The number of rotatable bonds is 8. The molecule has 0 amide bonds. The number of hydrogen-bond donors (Lipinski definition) is 1. The molecule has 0 radical (unpaired) electrons. The molecule has 3 rings (SSSR count). The standard InChI is InChI=1S/C24H29N3O2/c1-16(2)9-14-22-25-23(17(3)4)26-27(22)15-18-10-12-19(13-11-18)20-7-5-6-8-21(20)24(28)29/h5-8,10-13,16-17H,9,14-15H2,1-4H3,(H,28,29). The van der Waals surface area contributed by atoms with E-state index in [2.05, 4.69) is 27.7 Å². The van der Waals surface area contributed by atoms with Crippen molar-refractivity contribution in [2.24, 2.45) is 5.92 Å². The van der Waals surface area contributed by atoms with Gasteiger partial charge in [0.1, 0.15) is 5.82 Å². The summed E-state index contributed by atoms with van der Waals surface area (Å²) < 4.78 is 2.01. The minimum Gasteiger partial charge on any atom is -0.478 e. The summed E-state index contributed by atoms with van der Waals surface area (Å²) in [6, 6.07) is 15.1. The van der Waals surface area contributed by atoms with Crippen molar-refractivity contribution in [1.29, 1.82) is 0 Å². The summed E-state index contributed by atoms with van der Waals surface area (Å²) in [6.45, 7) is 9.32. The molecule has 0 aliphatic carbocycles. The molecule has 1 N–H and O–H groups in total. The molecule has 5 heteroatoms. The van der Waals surface area contributed by atoms with Crippen LogP contribution in [0.1, 0.15) is 67.6 Å². The molecule has 29 heavy (non-hydrogen) atoms. The fourth-order valence-electron chi connectivity index (χ4n) is 3.25. The smallest absolute Gasteiger partial charge is 0.336 e. The zero-order chi connectivity index (χ0) is 21.0. The van der Waals surface area contributed by atoms with Crippen molar-refractivity contribution in [1.82, 2.24) is 14.8 Å². The second kappa shape index (κ2) is 9.03. The molecule has 0 aliphatic heterocycles. The van der Waals surface area contributed by atoms with Crippen LogP contribution in [0.25, 0.3) is 11.1 Å². The molecule has 0 aliphatic rings. The van der Waals surface area contributed by atoms with E-state index in [-0.39, 0.29) is 0 Å². The summed E-state index contributed by atoms with van der Waals surface area (Å²) in [5.41, 5.74) is 3.06. The quantitative estimate of drug-likeness (QED) is 0.558. The predicted molar refractivity (Wildman–Crippen MR) is 115 cm³/mol. The van der Waals surface area contributed by atoms with Crippen molar-refractivity contribution in [2.45, 2.75) is 53.0 Å². The lowest BCUT2D eigenvalue weighted by Crippen LogP contribution is -2.08. The van der Waals surface area contributed by atoms with Gasteiger partial charge in [-0.3, -0.25) is 0 Å². The Labute approximate surface area is 172 Å². The van der Waals surface area contributed by atoms with Gasteiger partial charge in [-0.05, 0) is 35.1 Å². The lowest BCUT2D eigenvalue weighted by molar-refractivity contribution is 0.0697. The van der Waals surface area contributed by atoms with Crippen molar-refractivity contribution in [3.8, 4) is 11.1 Å². The van der Waals surface area contributed by atoms with Gasteiger partial charge in [0.15, 0.2) is 5.82 Å². The van der Waals surface area contributed by atoms with E-state index < -0.39 is 5.97 Å². The van der Waals surface area contributed by atoms with E-state index >= 15 is 0 Å². The van der Waals surface area contributed by atoms with Crippen LogP contribution in [0.3, 0.4) is 0 Å². The summed E-state index contributed by atoms with van der Waals surface area (Å²) in [5, 5.41) is 14.2. The number of carbonyl (C=O) groups is 1. The van der Waals surface area contributed by atoms with Gasteiger partial charge in [0, 0.05) is 12.3 Å². The summed E-state index contributed by atoms with van der Waals surface area (Å²) in [5.74, 6) is 1.92. The van der Waals surface area contributed by atoms with E-state index in [0.717, 1.165) is 41.2 Å². The Morgan fingerprint density at radius 1 is 1.03 bits per heavy atom. The van der Waals surface area contributed by atoms with Crippen molar-refractivity contribution in [3.63, 3.8) is 0 Å². The number of carboxylic acid groups (broad SMARTS) is 1. The number of nitrogens with zero attached hydrogens (tertiary/aromatic N) is 3. The van der Waals surface area contributed by atoms with Gasteiger partial charge in [-0.2, -0.15) is 5.10 Å². The molecule has 0 unspecified atom stereocenters. The minimum absolute atomic E-state index is 0.295. The van der Waals surface area contributed by atoms with Crippen molar-refractivity contribution < 1.29 is 9.90 Å². The number of hydrogen-bond acceptors (Lipinski definition) is 3. The van der Waals surface area contributed by atoms with Gasteiger partial charge in [-0.25, -0.2) is 14.5 Å². The number of aryl methyl sites for hydroxylation is 1. The molecule has 3 aromatic rings. The van der Waals surface area contributed by atoms with Crippen LogP contribution in [-0.2, 0) is 13.0 Å². The number of benzene rings is 2. The Morgan fingerprint density at radius 2 is 1.72 bits per heavy atom. The zero-order valence-corrected chi connectivity index (χ0v) is 17.6. The maximum Gasteiger partial charge on any atom is 0.336 e. The van der Waals surface area contributed by atoms with Crippen LogP contribution in [0, 0.1) is 5.92 Å². The fourth-order valence-corrected chi connectivity index (χ4v) is 3.25. The third-order valence-electron chi connectivity index (χ3n) is 4.98. The van der Waals surface area contributed by atoms with E-state index in [1.807, 2.05) is 41.1 Å². The van der Waals surface area contributed by atoms with Crippen LogP contribution < -0.4 is 0 Å². The molecule has 0 saturated carbocycles. The molecule has 0 bridgehead atoms. The van der Waals surface area contributed by atoms with Gasteiger partial charge < -0.3 is 5.11 Å². The molecule has 0 fully saturated rings. The monoisotopic (exact) mass is 391 g/mol. The van der Waals surface area contributed by atoms with Gasteiger partial charge in [0.25, 0.3) is 0 Å². The second-order valence-electron chi connectivity index (χ2n) is 8.18. The first-order chi connectivity index (χ1) is 13.8. The first-order valence-corrected chi connectivity index (χ1v) is 10.2. The molecular weight excluding hydrogens is 362 g/mol. The highest BCUT2D eigenvalue weighted by Crippen LogP contribution is 2.24. The summed E-state index contributed by atoms with van der Waals surface area (Å²) in [4.78, 5) is 16.2. The lowest BCUT2D eigenvalue weighted by Gasteiger charge is -2.10. The van der Waals surface area contributed by atoms with Gasteiger partial charge >= 0.3 is 5.97 Å². The molecule has 1 heterocycles. The SMILES string of the molecule is CC(C)CCc1nc(C(C)C)nn1Cc1ccc(-c2ccccc2C(=O)O)cc1. The van der Waals surface area contributed by atoms with Crippen LogP contribution >= 0.6 is 0 Å². The van der Waals surface area contributed by atoms with E-state index in [1.165, 1.54) is 0 Å². The Bertz CT molecular complexity index is 972. The third kappa shape index (κ3) is 5.11. The fraction of sp³-hybridized carbons (Fsp3) is 0.375. The number of carboxylic acids is 1. The van der Waals surface area contributed by atoms with Gasteiger partial charge in [0.05, 0.1) is 12.1 Å². The Hall–Kier alpha value is -2.95. The maximum absolute atomic E-state index is 11.5. The topological polar surface area (TPSA) is 68.0 Å². The van der Waals surface area contributed by atoms with Crippen LogP contribution in [-0.4, -0.2) is 25.8 Å². The van der Waals surface area contributed by atoms with Gasteiger partial charge in [-0.15, -0.1) is 0 Å². The van der Waals surface area contributed by atoms with E-state index in [4.69, 9.17) is 10.1 Å². The molecule has 5 nitrogen and oxygen atoms in total. The van der Waals surface area contributed by atoms with Gasteiger partial charge in [0.2, 0.25) is 0 Å². The number of aromatic nitrogens is 3. The maximum atomic E-state index is 11.5. The Morgan fingerprint density at radius 3 is 2.34 bits per heavy atom. The van der Waals surface area contributed by atoms with Crippen LogP contribution in [0.5, 0.6) is 0 Å². The van der Waals surface area contributed by atoms with Gasteiger partial charge in [-0.1, -0.05) is 70.2 Å². The minimum atomic E-state index is -0.914. The molecular formula is C24H29N3O2. The zero-order valence-electron chi connectivity index (χ0n) is 17.6. The molecule has 0 atom stereocenters. The highest BCUT2D eigenvalue weighted by atomic mass is 16.4. The summed E-state index contributed by atoms with van der Waals surface area (Å²) in [6.07, 6.45) is 2.00. The molecule has 152 valence electrons. The molecule has 0 saturated heterocycles. The average Bonchev–Trinajstić information content (AvgIpc) is 3.10. The Kier molecular flexibility index (Phi) is 6.47.